The van der Waals surface area contributed by atoms with Gasteiger partial charge in [0.25, 0.3) is 0 Å². The summed E-state index contributed by atoms with van der Waals surface area (Å²) < 4.78 is 18.4. The molecule has 4 heteroatoms. The lowest BCUT2D eigenvalue weighted by molar-refractivity contribution is -0.260. The topological polar surface area (TPSA) is 48.1 Å². The minimum atomic E-state index is -0.348. The molecule has 3 aliphatic carbocycles. The molecule has 3 heterocycles. The molecule has 3 saturated carbocycles. The van der Waals surface area contributed by atoms with Crippen LogP contribution in [-0.2, 0) is 19.0 Å². The van der Waals surface area contributed by atoms with Gasteiger partial charge >= 0.3 is 5.97 Å². The predicted octanol–water partition coefficient (Wildman–Crippen LogP) is 3.96. The van der Waals surface area contributed by atoms with Crippen LogP contribution in [0, 0.1) is 34.5 Å². The van der Waals surface area contributed by atoms with Gasteiger partial charge in [-0.15, -0.1) is 0 Å². The molecule has 1 spiro atoms. The van der Waals surface area contributed by atoms with Gasteiger partial charge in [0.1, 0.15) is 17.3 Å². The van der Waals surface area contributed by atoms with E-state index in [1.165, 1.54) is 12.8 Å². The fourth-order valence-electron chi connectivity index (χ4n) is 8.38. The summed E-state index contributed by atoms with van der Waals surface area (Å²) in [5.74, 6) is 1.96. The summed E-state index contributed by atoms with van der Waals surface area (Å²) >= 11 is 0. The summed E-state index contributed by atoms with van der Waals surface area (Å²) in [7, 11) is 1.55. The SMILES string of the molecule is COC(=O)[C@]1(C)CCC[C@@]2(C)[C@H]3C[C@H]4CO[C@@]3(CC[C@H]21)[C@@H]1O[C@]41C(C)C. The molecular formula is C22H34O4. The van der Waals surface area contributed by atoms with Crippen molar-refractivity contribution in [3.63, 3.8) is 0 Å². The van der Waals surface area contributed by atoms with Crippen LogP contribution in [0.5, 0.6) is 0 Å². The van der Waals surface area contributed by atoms with Crippen molar-refractivity contribution in [2.45, 2.75) is 83.5 Å². The highest BCUT2D eigenvalue weighted by Gasteiger charge is 2.81. The minimum absolute atomic E-state index is 0.00883. The van der Waals surface area contributed by atoms with Gasteiger partial charge < -0.3 is 14.2 Å². The Hall–Kier alpha value is -0.610. The van der Waals surface area contributed by atoms with Crippen LogP contribution in [0.2, 0.25) is 0 Å². The molecular weight excluding hydrogens is 328 g/mol. The molecule has 0 aromatic heterocycles. The Bertz CT molecular complexity index is 646. The highest BCUT2D eigenvalue weighted by atomic mass is 16.7. The molecule has 0 amide bonds. The Morgan fingerprint density at radius 3 is 2.62 bits per heavy atom. The Kier molecular flexibility index (Phi) is 3.40. The molecule has 146 valence electrons. The number of carbonyl (C=O) groups is 1. The van der Waals surface area contributed by atoms with Crippen molar-refractivity contribution >= 4 is 5.97 Å². The highest BCUT2D eigenvalue weighted by molar-refractivity contribution is 5.77. The van der Waals surface area contributed by atoms with Gasteiger partial charge in [-0.3, -0.25) is 4.79 Å². The van der Waals surface area contributed by atoms with Gasteiger partial charge in [0.15, 0.2) is 0 Å². The van der Waals surface area contributed by atoms with Crippen molar-refractivity contribution in [3.05, 3.63) is 0 Å². The van der Waals surface area contributed by atoms with Crippen molar-refractivity contribution in [3.8, 4) is 0 Å². The van der Waals surface area contributed by atoms with E-state index in [9.17, 15) is 4.79 Å². The average Bonchev–Trinajstić information content (AvgIpc) is 3.40. The van der Waals surface area contributed by atoms with Gasteiger partial charge in [0, 0.05) is 5.92 Å². The second-order valence-corrected chi connectivity index (χ2v) is 10.6. The lowest BCUT2D eigenvalue weighted by Crippen LogP contribution is -2.70. The molecule has 0 aromatic carbocycles. The van der Waals surface area contributed by atoms with E-state index in [0.717, 1.165) is 32.3 Å². The van der Waals surface area contributed by atoms with Crippen LogP contribution in [0.1, 0.15) is 66.2 Å². The van der Waals surface area contributed by atoms with Crippen molar-refractivity contribution in [1.29, 1.82) is 0 Å². The number of rotatable bonds is 2. The summed E-state index contributed by atoms with van der Waals surface area (Å²) in [6, 6.07) is 0. The van der Waals surface area contributed by atoms with Crippen LogP contribution in [0.3, 0.4) is 0 Å². The molecule has 2 bridgehead atoms. The zero-order valence-corrected chi connectivity index (χ0v) is 17.0. The summed E-state index contributed by atoms with van der Waals surface area (Å²) in [4.78, 5) is 12.7. The number of hydrogen-bond acceptors (Lipinski definition) is 4. The third-order valence-electron chi connectivity index (χ3n) is 9.57. The van der Waals surface area contributed by atoms with Gasteiger partial charge in [-0.1, -0.05) is 27.2 Å². The molecule has 3 aliphatic heterocycles. The third-order valence-corrected chi connectivity index (χ3v) is 9.57. The van der Waals surface area contributed by atoms with E-state index >= 15 is 0 Å². The van der Waals surface area contributed by atoms with Crippen LogP contribution < -0.4 is 0 Å². The van der Waals surface area contributed by atoms with E-state index in [-0.39, 0.29) is 34.1 Å². The van der Waals surface area contributed by atoms with E-state index in [2.05, 4.69) is 27.7 Å². The van der Waals surface area contributed by atoms with Gasteiger partial charge in [0.05, 0.1) is 19.1 Å². The lowest BCUT2D eigenvalue weighted by atomic mass is 9.41. The van der Waals surface area contributed by atoms with Gasteiger partial charge in [-0.05, 0) is 62.2 Å². The number of methoxy groups -OCH3 is 1. The average molecular weight is 363 g/mol. The first-order valence-electron chi connectivity index (χ1n) is 10.7. The molecule has 0 N–H and O–H groups in total. The zero-order valence-electron chi connectivity index (χ0n) is 17.0. The summed E-state index contributed by atoms with van der Waals surface area (Å²) in [6.45, 7) is 10.1. The quantitative estimate of drug-likeness (QED) is 0.551. The molecule has 0 aromatic rings. The standard InChI is InChI=1S/C22H34O4/c1-13(2)22-14-11-16-19(3)8-6-9-20(4,18(23)24-5)15(19)7-10-21(16,25-12-14)17(22)26-22/h13-17H,6-12H2,1-5H3/t14-,15+,16+,17-,19+,20+,21+,22+/m0/s1. The zero-order chi connectivity index (χ0) is 18.5. The van der Waals surface area contributed by atoms with Crippen LogP contribution in [-0.4, -0.2) is 37.0 Å². The monoisotopic (exact) mass is 362 g/mol. The second-order valence-electron chi connectivity index (χ2n) is 10.6. The Morgan fingerprint density at radius 1 is 1.15 bits per heavy atom. The molecule has 6 aliphatic rings. The molecule has 26 heavy (non-hydrogen) atoms. The minimum Gasteiger partial charge on any atom is -0.469 e. The van der Waals surface area contributed by atoms with Crippen molar-refractivity contribution < 1.29 is 19.0 Å². The third kappa shape index (κ3) is 1.73. The van der Waals surface area contributed by atoms with E-state index in [1.807, 2.05) is 0 Å². The fraction of sp³-hybridized carbons (Fsp3) is 0.955. The smallest absolute Gasteiger partial charge is 0.311 e. The molecule has 4 nitrogen and oxygen atoms in total. The van der Waals surface area contributed by atoms with Gasteiger partial charge in [-0.25, -0.2) is 0 Å². The number of ether oxygens (including phenoxy) is 3. The molecule has 0 radical (unpaired) electrons. The Labute approximate surface area is 157 Å². The first-order chi connectivity index (χ1) is 12.3. The van der Waals surface area contributed by atoms with Crippen LogP contribution in [0.15, 0.2) is 0 Å². The number of hydrogen-bond donors (Lipinski definition) is 0. The maximum absolute atomic E-state index is 12.7. The van der Waals surface area contributed by atoms with E-state index in [0.29, 0.717) is 23.7 Å². The largest absolute Gasteiger partial charge is 0.469 e. The highest BCUT2D eigenvalue weighted by Crippen LogP contribution is 2.74. The van der Waals surface area contributed by atoms with Crippen molar-refractivity contribution in [1.82, 2.24) is 0 Å². The number of epoxide rings is 1. The maximum atomic E-state index is 12.7. The normalized spacial score (nSPS) is 57.2. The van der Waals surface area contributed by atoms with E-state index in [1.54, 1.807) is 7.11 Å². The van der Waals surface area contributed by atoms with Crippen molar-refractivity contribution in [2.75, 3.05) is 13.7 Å². The molecule has 8 atom stereocenters. The van der Waals surface area contributed by atoms with Crippen molar-refractivity contribution in [2.24, 2.45) is 34.5 Å². The van der Waals surface area contributed by atoms with E-state index in [4.69, 9.17) is 14.2 Å². The van der Waals surface area contributed by atoms with Gasteiger partial charge in [-0.2, -0.15) is 0 Å². The summed E-state index contributed by atoms with van der Waals surface area (Å²) in [5.41, 5.74) is -0.246. The van der Waals surface area contributed by atoms with Crippen LogP contribution in [0.4, 0.5) is 0 Å². The predicted molar refractivity (Wildman–Crippen MR) is 97.5 cm³/mol. The number of esters is 1. The first-order valence-corrected chi connectivity index (χ1v) is 10.7. The molecule has 6 fully saturated rings. The number of carbonyl (C=O) groups excluding carboxylic acids is 1. The molecule has 3 saturated heterocycles. The first kappa shape index (κ1) is 17.5. The fourth-order valence-corrected chi connectivity index (χ4v) is 8.38. The molecule has 0 unspecified atom stereocenters. The van der Waals surface area contributed by atoms with Crippen LogP contribution in [0.25, 0.3) is 0 Å². The Morgan fingerprint density at radius 2 is 1.92 bits per heavy atom. The van der Waals surface area contributed by atoms with Crippen LogP contribution >= 0.6 is 0 Å². The lowest BCUT2D eigenvalue weighted by Gasteiger charge is -2.66. The maximum Gasteiger partial charge on any atom is 0.311 e. The second kappa shape index (κ2) is 5.05. The number of fused-ring (bicyclic) bond motifs is 2. The molecule has 6 rings (SSSR count). The Balaban J connectivity index is 1.54. The van der Waals surface area contributed by atoms with Gasteiger partial charge in [0.2, 0.25) is 0 Å². The summed E-state index contributed by atoms with van der Waals surface area (Å²) in [5, 5.41) is 0. The summed E-state index contributed by atoms with van der Waals surface area (Å²) in [6.07, 6.45) is 6.84. The van der Waals surface area contributed by atoms with E-state index < -0.39 is 0 Å².